The van der Waals surface area contributed by atoms with E-state index in [0.717, 1.165) is 11.1 Å². The summed E-state index contributed by atoms with van der Waals surface area (Å²) in [7, 11) is 0. The predicted molar refractivity (Wildman–Crippen MR) is 113 cm³/mol. The van der Waals surface area contributed by atoms with Gasteiger partial charge in [-0.2, -0.15) is 0 Å². The van der Waals surface area contributed by atoms with E-state index in [0.29, 0.717) is 42.4 Å². The lowest BCUT2D eigenvalue weighted by Crippen LogP contribution is -2.47. The summed E-state index contributed by atoms with van der Waals surface area (Å²) in [6, 6.07) is 7.23. The van der Waals surface area contributed by atoms with Crippen molar-refractivity contribution in [2.24, 2.45) is 5.41 Å². The summed E-state index contributed by atoms with van der Waals surface area (Å²) in [6.07, 6.45) is 1.17. The lowest BCUT2D eigenvalue weighted by Gasteiger charge is -2.36. The maximum Gasteiger partial charge on any atom is 0.329 e. The van der Waals surface area contributed by atoms with Crippen molar-refractivity contribution in [2.75, 3.05) is 13.1 Å². The predicted octanol–water partition coefficient (Wildman–Crippen LogP) is 2.76. The zero-order valence-corrected chi connectivity index (χ0v) is 17.3. The fraction of sp³-hybridized carbons (Fsp3) is 0.455. The minimum Gasteiger partial charge on any atom is -0.342 e. The fourth-order valence-corrected chi connectivity index (χ4v) is 4.11. The van der Waals surface area contributed by atoms with Crippen molar-refractivity contribution >= 4 is 27.7 Å². The maximum absolute atomic E-state index is 13.2. The van der Waals surface area contributed by atoms with Crippen molar-refractivity contribution < 1.29 is 4.79 Å². The van der Waals surface area contributed by atoms with E-state index >= 15 is 0 Å². The van der Waals surface area contributed by atoms with Crippen molar-refractivity contribution in [2.45, 2.75) is 46.6 Å². The summed E-state index contributed by atoms with van der Waals surface area (Å²) in [6.45, 7) is 8.68. The summed E-state index contributed by atoms with van der Waals surface area (Å²) < 4.78 is 1.32. The highest BCUT2D eigenvalue weighted by Gasteiger charge is 2.31. The Kier molecular flexibility index (Phi) is 4.56. The zero-order chi connectivity index (χ0) is 20.9. The number of nitrogens with one attached hydrogen (secondary N) is 1. The number of carbonyl (C=O) groups is 1. The zero-order valence-electron chi connectivity index (χ0n) is 17.3. The van der Waals surface area contributed by atoms with E-state index in [1.807, 2.05) is 50.8 Å². The molecule has 1 saturated heterocycles. The average molecular weight is 394 g/mol. The summed E-state index contributed by atoms with van der Waals surface area (Å²) in [5, 5.41) is 1.34. The van der Waals surface area contributed by atoms with Crippen LogP contribution in [0.4, 0.5) is 0 Å². The van der Waals surface area contributed by atoms with Crippen LogP contribution in [0.3, 0.4) is 0 Å². The van der Waals surface area contributed by atoms with Crippen LogP contribution in [0.25, 0.3) is 21.8 Å². The van der Waals surface area contributed by atoms with Gasteiger partial charge in [0.05, 0.1) is 16.4 Å². The number of amides is 1. The molecule has 29 heavy (non-hydrogen) atoms. The molecule has 3 aromatic rings. The monoisotopic (exact) mass is 394 g/mol. The molecule has 7 nitrogen and oxygen atoms in total. The molecule has 0 bridgehead atoms. The number of benzene rings is 1. The van der Waals surface area contributed by atoms with Crippen molar-refractivity contribution in [3.63, 3.8) is 0 Å². The number of H-pyrrole nitrogens is 1. The third-order valence-corrected chi connectivity index (χ3v) is 5.66. The van der Waals surface area contributed by atoms with E-state index in [-0.39, 0.29) is 17.5 Å². The molecule has 0 saturated carbocycles. The smallest absolute Gasteiger partial charge is 0.329 e. The first-order chi connectivity index (χ1) is 13.7. The largest absolute Gasteiger partial charge is 0.342 e. The van der Waals surface area contributed by atoms with E-state index in [1.165, 1.54) is 4.57 Å². The molecule has 1 fully saturated rings. The highest BCUT2D eigenvalue weighted by Crippen LogP contribution is 2.26. The molecule has 7 heteroatoms. The molecule has 1 aromatic carbocycles. The molecule has 4 rings (SSSR count). The Bertz CT molecular complexity index is 1220. The van der Waals surface area contributed by atoms with Gasteiger partial charge in [0, 0.05) is 35.6 Å². The first-order valence-electron chi connectivity index (χ1n) is 10.0. The molecule has 0 radical (unpaired) electrons. The highest BCUT2D eigenvalue weighted by atomic mass is 16.2. The quantitative estimate of drug-likeness (QED) is 0.643. The van der Waals surface area contributed by atoms with Gasteiger partial charge in [0.2, 0.25) is 5.91 Å². The Morgan fingerprint density at radius 1 is 1.10 bits per heavy atom. The van der Waals surface area contributed by atoms with Crippen LogP contribution >= 0.6 is 0 Å². The number of aryl methyl sites for hydroxylation is 1. The first kappa shape index (κ1) is 19.4. The molecule has 0 unspecified atom stereocenters. The Balaban J connectivity index is 1.73. The molecule has 1 aliphatic heterocycles. The van der Waals surface area contributed by atoms with Crippen molar-refractivity contribution in [1.29, 1.82) is 0 Å². The normalized spacial score (nSPS) is 15.9. The van der Waals surface area contributed by atoms with Crippen molar-refractivity contribution in [3.05, 3.63) is 50.8 Å². The fourth-order valence-electron chi connectivity index (χ4n) is 4.11. The number of nitrogens with zero attached hydrogens (tertiary/aromatic N) is 3. The number of aromatic nitrogens is 3. The number of rotatable bonds is 1. The molecule has 1 amide bonds. The number of hydrogen-bond acceptors (Lipinski definition) is 4. The molecule has 0 atom stereocenters. The van der Waals surface area contributed by atoms with Crippen LogP contribution in [0.1, 0.15) is 45.3 Å². The Hall–Kier alpha value is -2.96. The number of fused-ring (bicyclic) bond motifs is 3. The van der Waals surface area contributed by atoms with Gasteiger partial charge >= 0.3 is 5.69 Å². The van der Waals surface area contributed by atoms with Gasteiger partial charge in [-0.3, -0.25) is 19.1 Å². The van der Waals surface area contributed by atoms with Gasteiger partial charge in [0.15, 0.2) is 0 Å². The summed E-state index contributed by atoms with van der Waals surface area (Å²) in [4.78, 5) is 47.8. The first-order valence-corrected chi connectivity index (χ1v) is 10.0. The van der Waals surface area contributed by atoms with Crippen LogP contribution in [0.2, 0.25) is 0 Å². The third kappa shape index (κ3) is 3.34. The molecule has 152 valence electrons. The molecule has 1 aliphatic rings. The molecule has 0 aliphatic carbocycles. The van der Waals surface area contributed by atoms with Crippen molar-refractivity contribution in [1.82, 2.24) is 19.4 Å². The van der Waals surface area contributed by atoms with E-state index in [9.17, 15) is 14.4 Å². The second-order valence-corrected chi connectivity index (χ2v) is 8.89. The summed E-state index contributed by atoms with van der Waals surface area (Å²) in [5.41, 5.74) is 0.794. The number of aromatic amines is 1. The van der Waals surface area contributed by atoms with Crippen molar-refractivity contribution in [3.8, 4) is 0 Å². The Morgan fingerprint density at radius 2 is 1.76 bits per heavy atom. The topological polar surface area (TPSA) is 88.1 Å². The van der Waals surface area contributed by atoms with Gasteiger partial charge in [-0.1, -0.05) is 32.9 Å². The van der Waals surface area contributed by atoms with E-state index in [2.05, 4.69) is 9.97 Å². The minimum atomic E-state index is -0.434. The second kappa shape index (κ2) is 6.83. The van der Waals surface area contributed by atoms with Crippen LogP contribution in [0, 0.1) is 12.3 Å². The van der Waals surface area contributed by atoms with E-state index < -0.39 is 11.1 Å². The van der Waals surface area contributed by atoms with Crippen LogP contribution in [-0.4, -0.2) is 38.4 Å². The molecule has 0 spiro atoms. The van der Waals surface area contributed by atoms with Gasteiger partial charge in [-0.05, 0) is 31.9 Å². The van der Waals surface area contributed by atoms with Gasteiger partial charge in [0.1, 0.15) is 0 Å². The number of likely N-dealkylation sites (tertiary alicyclic amines) is 1. The standard InChI is InChI=1S/C22H26N4O3/c1-13-5-6-14-7-8-16-18(17(14)23-13)24-21(29)26(19(16)27)15-9-11-25(12-10-15)20(28)22(2,3)4/h5-8,15H,9-12H2,1-4H3,(H,24,29). The third-order valence-electron chi connectivity index (χ3n) is 5.66. The minimum absolute atomic E-state index is 0.101. The Labute approximate surface area is 168 Å². The summed E-state index contributed by atoms with van der Waals surface area (Å²) in [5.74, 6) is 0.101. The lowest BCUT2D eigenvalue weighted by atomic mass is 9.93. The molecular formula is C22H26N4O3. The van der Waals surface area contributed by atoms with Gasteiger partial charge < -0.3 is 9.88 Å². The second-order valence-electron chi connectivity index (χ2n) is 8.89. The van der Waals surface area contributed by atoms with Crippen LogP contribution in [-0.2, 0) is 4.79 Å². The molecule has 2 aromatic heterocycles. The number of piperidine rings is 1. The average Bonchev–Trinajstić information content (AvgIpc) is 2.67. The lowest BCUT2D eigenvalue weighted by molar-refractivity contribution is -0.140. The number of carbonyl (C=O) groups excluding carboxylic acids is 1. The van der Waals surface area contributed by atoms with Gasteiger partial charge in [-0.25, -0.2) is 4.79 Å². The summed E-state index contributed by atoms with van der Waals surface area (Å²) >= 11 is 0. The molecule has 1 N–H and O–H groups in total. The molecule has 3 heterocycles. The van der Waals surface area contributed by atoms with Crippen LogP contribution in [0.5, 0.6) is 0 Å². The maximum atomic E-state index is 13.2. The number of pyridine rings is 1. The molecular weight excluding hydrogens is 368 g/mol. The Morgan fingerprint density at radius 3 is 2.41 bits per heavy atom. The van der Waals surface area contributed by atoms with Gasteiger partial charge in [0.25, 0.3) is 5.56 Å². The highest BCUT2D eigenvalue weighted by molar-refractivity contribution is 6.02. The van der Waals surface area contributed by atoms with Gasteiger partial charge in [-0.15, -0.1) is 0 Å². The van der Waals surface area contributed by atoms with E-state index in [4.69, 9.17) is 0 Å². The SMILES string of the molecule is Cc1ccc2ccc3c(=O)n(C4CCN(C(=O)C(C)(C)C)CC4)c(=O)[nH]c3c2n1. The van der Waals surface area contributed by atoms with E-state index in [1.54, 1.807) is 6.07 Å². The van der Waals surface area contributed by atoms with Crippen LogP contribution in [0.15, 0.2) is 33.9 Å². The van der Waals surface area contributed by atoms with Crippen LogP contribution < -0.4 is 11.2 Å². The number of hydrogen-bond donors (Lipinski definition) is 1.